The smallest absolute Gasteiger partial charge is 0.303 e. The van der Waals surface area contributed by atoms with Gasteiger partial charge in [-0.3, -0.25) is 9.59 Å². The van der Waals surface area contributed by atoms with Crippen LogP contribution in [0.2, 0.25) is 0 Å². The minimum Gasteiger partial charge on any atom is -0.481 e. The Morgan fingerprint density at radius 3 is 1.46 bits per heavy atom. The second kappa shape index (κ2) is 20.7. The van der Waals surface area contributed by atoms with E-state index < -0.39 is 5.97 Å². The molecule has 4 nitrogen and oxygen atoms in total. The molecule has 0 fully saturated rings. The molecule has 0 aliphatic heterocycles. The third kappa shape index (κ3) is 21.2. The summed E-state index contributed by atoms with van der Waals surface area (Å²) in [5.74, 6) is -0.878. The number of hydrogen-bond donors (Lipinski definition) is 1. The summed E-state index contributed by atoms with van der Waals surface area (Å²) < 4.78 is 5.48. The van der Waals surface area contributed by atoms with Crippen LogP contribution in [0.1, 0.15) is 136 Å². The molecule has 0 aliphatic carbocycles. The third-order valence-electron chi connectivity index (χ3n) is 5.38. The summed E-state index contributed by atoms with van der Waals surface area (Å²) in [6.07, 6.45) is 21.9. The topological polar surface area (TPSA) is 63.6 Å². The summed E-state index contributed by atoms with van der Waals surface area (Å²) in [4.78, 5) is 21.8. The van der Waals surface area contributed by atoms with Gasteiger partial charge in [0.05, 0.1) is 0 Å². The molecule has 28 heavy (non-hydrogen) atoms. The molecule has 0 bridgehead atoms. The number of rotatable bonds is 21. The molecule has 0 aromatic heterocycles. The first-order valence-corrected chi connectivity index (χ1v) is 11.9. The Morgan fingerprint density at radius 2 is 1.07 bits per heavy atom. The molecule has 0 rings (SSSR count). The highest BCUT2D eigenvalue weighted by Gasteiger charge is 2.11. The van der Waals surface area contributed by atoms with Crippen LogP contribution in [0.5, 0.6) is 0 Å². The number of ether oxygens (including phenoxy) is 1. The number of carbonyl (C=O) groups is 2. The molecule has 1 unspecified atom stereocenters. The van der Waals surface area contributed by atoms with E-state index in [0.29, 0.717) is 0 Å². The highest BCUT2D eigenvalue weighted by atomic mass is 16.5. The van der Waals surface area contributed by atoms with Gasteiger partial charge >= 0.3 is 11.9 Å². The maximum absolute atomic E-state index is 11.3. The molecule has 166 valence electrons. The summed E-state index contributed by atoms with van der Waals surface area (Å²) in [6, 6.07) is 0. The Kier molecular flexibility index (Phi) is 19.9. The van der Waals surface area contributed by atoms with E-state index in [1.54, 1.807) is 0 Å². The van der Waals surface area contributed by atoms with E-state index in [1.165, 1.54) is 71.1 Å². The molecule has 0 radical (unpaired) electrons. The van der Waals surface area contributed by atoms with Crippen molar-refractivity contribution in [2.45, 2.75) is 142 Å². The number of unbranched alkanes of at least 4 members (excludes halogenated alkanes) is 14. The number of aliphatic carboxylic acids is 1. The van der Waals surface area contributed by atoms with Gasteiger partial charge in [0, 0.05) is 13.3 Å². The molecule has 0 aromatic rings. The van der Waals surface area contributed by atoms with Crippen LogP contribution < -0.4 is 0 Å². The lowest BCUT2D eigenvalue weighted by molar-refractivity contribution is -0.147. The van der Waals surface area contributed by atoms with Gasteiger partial charge in [-0.2, -0.15) is 0 Å². The first-order chi connectivity index (χ1) is 13.6. The number of esters is 1. The van der Waals surface area contributed by atoms with Crippen LogP contribution in [0.25, 0.3) is 0 Å². The zero-order valence-corrected chi connectivity index (χ0v) is 18.7. The first kappa shape index (κ1) is 26.9. The molecule has 0 spiro atoms. The van der Waals surface area contributed by atoms with E-state index in [0.717, 1.165) is 51.4 Å². The van der Waals surface area contributed by atoms with Gasteiger partial charge in [0.25, 0.3) is 0 Å². The molecule has 0 amide bonds. The molecule has 0 aliphatic rings. The van der Waals surface area contributed by atoms with E-state index in [4.69, 9.17) is 9.84 Å². The molecule has 0 heterocycles. The van der Waals surface area contributed by atoms with Crippen molar-refractivity contribution >= 4 is 11.9 Å². The number of carboxylic acid groups (broad SMARTS) is 1. The van der Waals surface area contributed by atoms with Crippen LogP contribution in [0.4, 0.5) is 0 Å². The average Bonchev–Trinajstić information content (AvgIpc) is 2.64. The van der Waals surface area contributed by atoms with Gasteiger partial charge in [-0.05, 0) is 32.1 Å². The van der Waals surface area contributed by atoms with E-state index >= 15 is 0 Å². The monoisotopic (exact) mass is 398 g/mol. The van der Waals surface area contributed by atoms with Crippen LogP contribution in [0.3, 0.4) is 0 Å². The van der Waals surface area contributed by atoms with Crippen LogP contribution in [-0.4, -0.2) is 23.1 Å². The summed E-state index contributed by atoms with van der Waals surface area (Å²) in [5.41, 5.74) is 0. The summed E-state index contributed by atoms with van der Waals surface area (Å²) >= 11 is 0. The molecule has 0 saturated heterocycles. The van der Waals surface area contributed by atoms with Crippen molar-refractivity contribution in [2.24, 2.45) is 0 Å². The molecule has 1 atom stereocenters. The number of carboxylic acids is 1. The Bertz CT molecular complexity index is 368. The highest BCUT2D eigenvalue weighted by molar-refractivity contribution is 5.66. The third-order valence-corrected chi connectivity index (χ3v) is 5.38. The predicted molar refractivity (Wildman–Crippen MR) is 117 cm³/mol. The van der Waals surface area contributed by atoms with Gasteiger partial charge < -0.3 is 9.84 Å². The lowest BCUT2D eigenvalue weighted by atomic mass is 10.0. The van der Waals surface area contributed by atoms with Crippen molar-refractivity contribution in [3.8, 4) is 0 Å². The second-order valence-electron chi connectivity index (χ2n) is 8.26. The summed E-state index contributed by atoms with van der Waals surface area (Å²) in [5, 5.41) is 8.63. The van der Waals surface area contributed by atoms with Crippen LogP contribution in [-0.2, 0) is 14.3 Å². The largest absolute Gasteiger partial charge is 0.481 e. The van der Waals surface area contributed by atoms with Gasteiger partial charge in [-0.15, -0.1) is 0 Å². The molecule has 0 aromatic carbocycles. The van der Waals surface area contributed by atoms with E-state index in [2.05, 4.69) is 6.92 Å². The van der Waals surface area contributed by atoms with Crippen molar-refractivity contribution in [1.82, 2.24) is 0 Å². The molecule has 4 heteroatoms. The standard InChI is InChI=1S/C24H46O4/c1-3-4-5-6-7-8-9-10-11-13-16-19-23(28-22(2)25)20-17-14-12-15-18-21-24(26)27/h23H,3-21H2,1-2H3,(H,26,27). The molecule has 1 N–H and O–H groups in total. The predicted octanol–water partition coefficient (Wildman–Crippen LogP) is 7.43. The van der Waals surface area contributed by atoms with Gasteiger partial charge in [0.1, 0.15) is 6.10 Å². The lowest BCUT2D eigenvalue weighted by Crippen LogP contribution is -2.16. The fourth-order valence-electron chi connectivity index (χ4n) is 3.71. The minimum absolute atomic E-state index is 0.0649. The van der Waals surface area contributed by atoms with Crippen LogP contribution in [0.15, 0.2) is 0 Å². The van der Waals surface area contributed by atoms with E-state index in [1.807, 2.05) is 0 Å². The van der Waals surface area contributed by atoms with Crippen molar-refractivity contribution in [1.29, 1.82) is 0 Å². The molecule has 0 saturated carbocycles. The Labute approximate surface area is 173 Å². The fourth-order valence-corrected chi connectivity index (χ4v) is 3.71. The maximum atomic E-state index is 11.3. The SMILES string of the molecule is CCCCCCCCCCCCCC(CCCCCCCC(=O)O)OC(C)=O. The Balaban J connectivity index is 3.59. The molecular formula is C24H46O4. The zero-order chi connectivity index (χ0) is 20.9. The van der Waals surface area contributed by atoms with E-state index in [9.17, 15) is 9.59 Å². The highest BCUT2D eigenvalue weighted by Crippen LogP contribution is 2.17. The molecular weight excluding hydrogens is 352 g/mol. The lowest BCUT2D eigenvalue weighted by Gasteiger charge is -2.17. The quantitative estimate of drug-likeness (QED) is 0.161. The van der Waals surface area contributed by atoms with Crippen molar-refractivity contribution in [3.05, 3.63) is 0 Å². The van der Waals surface area contributed by atoms with Crippen molar-refractivity contribution < 1.29 is 19.4 Å². The number of hydrogen-bond acceptors (Lipinski definition) is 3. The Morgan fingerprint density at radius 1 is 0.679 bits per heavy atom. The second-order valence-corrected chi connectivity index (χ2v) is 8.26. The summed E-state index contributed by atoms with van der Waals surface area (Å²) in [6.45, 7) is 3.76. The van der Waals surface area contributed by atoms with Gasteiger partial charge in [-0.25, -0.2) is 0 Å². The van der Waals surface area contributed by atoms with Crippen LogP contribution in [0, 0.1) is 0 Å². The normalized spacial score (nSPS) is 12.1. The van der Waals surface area contributed by atoms with Gasteiger partial charge in [0.2, 0.25) is 0 Å². The zero-order valence-electron chi connectivity index (χ0n) is 18.7. The van der Waals surface area contributed by atoms with Crippen molar-refractivity contribution in [3.63, 3.8) is 0 Å². The van der Waals surface area contributed by atoms with Gasteiger partial charge in [0.15, 0.2) is 0 Å². The minimum atomic E-state index is -0.707. The first-order valence-electron chi connectivity index (χ1n) is 11.9. The fraction of sp³-hybridized carbons (Fsp3) is 0.917. The van der Waals surface area contributed by atoms with Gasteiger partial charge in [-0.1, -0.05) is 90.4 Å². The number of carbonyl (C=O) groups excluding carboxylic acids is 1. The Hall–Kier alpha value is -1.06. The van der Waals surface area contributed by atoms with Crippen molar-refractivity contribution in [2.75, 3.05) is 0 Å². The van der Waals surface area contributed by atoms with Crippen LogP contribution >= 0.6 is 0 Å². The maximum Gasteiger partial charge on any atom is 0.303 e. The van der Waals surface area contributed by atoms with E-state index in [-0.39, 0.29) is 18.5 Å². The average molecular weight is 399 g/mol. The summed E-state index contributed by atoms with van der Waals surface area (Å²) in [7, 11) is 0.